The van der Waals surface area contributed by atoms with Crippen molar-refractivity contribution in [3.8, 4) is 5.69 Å². The van der Waals surface area contributed by atoms with Crippen molar-refractivity contribution in [2.75, 3.05) is 11.1 Å². The number of anilines is 1. The summed E-state index contributed by atoms with van der Waals surface area (Å²) in [5.74, 6) is 0.133. The quantitative estimate of drug-likeness (QED) is 0.850. The van der Waals surface area contributed by atoms with Gasteiger partial charge in [-0.25, -0.2) is 4.68 Å². The predicted molar refractivity (Wildman–Crippen MR) is 94.1 cm³/mol. The molecule has 1 aromatic heterocycles. The number of carbonyl (C=O) groups excluding carboxylic acids is 1. The van der Waals surface area contributed by atoms with Crippen molar-refractivity contribution in [1.82, 2.24) is 9.78 Å². The van der Waals surface area contributed by atoms with E-state index in [-0.39, 0.29) is 27.9 Å². The van der Waals surface area contributed by atoms with Gasteiger partial charge in [-0.1, -0.05) is 32.9 Å². The lowest BCUT2D eigenvalue weighted by atomic mass is 10.1. The lowest BCUT2D eigenvalue weighted by Gasteiger charge is -2.18. The Morgan fingerprint density at radius 3 is 2.48 bits per heavy atom. The highest BCUT2D eigenvalue weighted by atomic mass is 32.2. The Bertz CT molecular complexity index is 763. The molecule has 0 bridgehead atoms. The number of amides is 1. The maximum absolute atomic E-state index is 13.3. The molecule has 1 amide bonds. The summed E-state index contributed by atoms with van der Waals surface area (Å²) in [5.41, 5.74) is -0.421. The first-order chi connectivity index (χ1) is 11.5. The standard InChI is InChI=1S/C17H20F3N3OS/c1-11-9-14(21-15(24)10-25-16(2,3)4)23(22-11)13-8-6-5-7-12(13)17(18,19)20/h5-9H,10H2,1-4H3,(H,21,24). The molecule has 0 aliphatic carbocycles. The highest BCUT2D eigenvalue weighted by molar-refractivity contribution is 8.01. The van der Waals surface area contributed by atoms with E-state index in [0.29, 0.717) is 5.69 Å². The third-order valence-corrected chi connectivity index (χ3v) is 4.45. The van der Waals surface area contributed by atoms with Crippen LogP contribution in [0.2, 0.25) is 0 Å². The first kappa shape index (κ1) is 19.4. The van der Waals surface area contributed by atoms with Crippen LogP contribution in [0.3, 0.4) is 0 Å². The molecule has 4 nitrogen and oxygen atoms in total. The zero-order chi connectivity index (χ0) is 18.8. The normalized spacial score (nSPS) is 12.3. The Morgan fingerprint density at radius 1 is 1.24 bits per heavy atom. The number of rotatable bonds is 4. The van der Waals surface area contributed by atoms with Crippen LogP contribution in [0.15, 0.2) is 30.3 Å². The van der Waals surface area contributed by atoms with E-state index in [1.807, 2.05) is 20.8 Å². The van der Waals surface area contributed by atoms with Gasteiger partial charge in [0, 0.05) is 10.8 Å². The molecule has 1 N–H and O–H groups in total. The largest absolute Gasteiger partial charge is 0.418 e. The molecule has 0 spiro atoms. The maximum Gasteiger partial charge on any atom is 0.418 e. The van der Waals surface area contributed by atoms with Crippen LogP contribution in [-0.2, 0) is 11.0 Å². The van der Waals surface area contributed by atoms with Crippen molar-refractivity contribution in [1.29, 1.82) is 0 Å². The number of halogens is 3. The first-order valence-electron chi connectivity index (χ1n) is 7.64. The second kappa shape index (κ2) is 7.11. The van der Waals surface area contributed by atoms with Crippen LogP contribution >= 0.6 is 11.8 Å². The molecule has 8 heteroatoms. The lowest BCUT2D eigenvalue weighted by molar-refractivity contribution is -0.137. The number of nitrogens with one attached hydrogen (secondary N) is 1. The SMILES string of the molecule is Cc1cc(NC(=O)CSC(C)(C)C)n(-c2ccccc2C(F)(F)F)n1. The second-order valence-corrected chi connectivity index (χ2v) is 8.35. The smallest absolute Gasteiger partial charge is 0.310 e. The van der Waals surface area contributed by atoms with Gasteiger partial charge in [-0.2, -0.15) is 18.3 Å². The average Bonchev–Trinajstić information content (AvgIpc) is 2.84. The fourth-order valence-corrected chi connectivity index (χ4v) is 2.77. The molecular formula is C17H20F3N3OS. The van der Waals surface area contributed by atoms with Crippen molar-refractivity contribution < 1.29 is 18.0 Å². The molecule has 0 unspecified atom stereocenters. The minimum Gasteiger partial charge on any atom is -0.310 e. The van der Waals surface area contributed by atoms with Gasteiger partial charge in [0.1, 0.15) is 5.82 Å². The summed E-state index contributed by atoms with van der Waals surface area (Å²) in [5, 5.41) is 6.77. The van der Waals surface area contributed by atoms with Crippen LogP contribution in [0, 0.1) is 6.92 Å². The summed E-state index contributed by atoms with van der Waals surface area (Å²) in [6.07, 6.45) is -4.51. The molecule has 0 atom stereocenters. The van der Waals surface area contributed by atoms with Crippen LogP contribution in [0.5, 0.6) is 0 Å². The number of para-hydroxylation sites is 1. The summed E-state index contributed by atoms with van der Waals surface area (Å²) in [7, 11) is 0. The molecule has 0 radical (unpaired) electrons. The third-order valence-electron chi connectivity index (χ3n) is 3.17. The molecule has 0 aliphatic heterocycles. The number of aromatic nitrogens is 2. The Kier molecular flexibility index (Phi) is 5.51. The number of alkyl halides is 3. The lowest BCUT2D eigenvalue weighted by Crippen LogP contribution is -2.21. The Morgan fingerprint density at radius 2 is 1.88 bits per heavy atom. The van der Waals surface area contributed by atoms with Gasteiger partial charge in [0.05, 0.1) is 22.7 Å². The molecule has 0 aliphatic rings. The first-order valence-corrected chi connectivity index (χ1v) is 8.63. The summed E-state index contributed by atoms with van der Waals surface area (Å²) < 4.78 is 40.8. The van der Waals surface area contributed by atoms with Crippen LogP contribution in [0.25, 0.3) is 5.69 Å². The maximum atomic E-state index is 13.3. The van der Waals surface area contributed by atoms with Crippen LogP contribution < -0.4 is 5.32 Å². The predicted octanol–water partition coefficient (Wildman–Crippen LogP) is 4.67. The zero-order valence-electron chi connectivity index (χ0n) is 14.4. The molecule has 0 saturated heterocycles. The molecule has 136 valence electrons. The minimum atomic E-state index is -4.51. The summed E-state index contributed by atoms with van der Waals surface area (Å²) >= 11 is 1.46. The molecule has 1 aromatic carbocycles. The zero-order valence-corrected chi connectivity index (χ0v) is 15.3. The number of carbonyl (C=O) groups is 1. The highest BCUT2D eigenvalue weighted by Crippen LogP contribution is 2.34. The van der Waals surface area contributed by atoms with E-state index in [1.165, 1.54) is 30.0 Å². The molecular weight excluding hydrogens is 351 g/mol. The van der Waals surface area contributed by atoms with Gasteiger partial charge in [-0.3, -0.25) is 4.79 Å². The average molecular weight is 371 g/mol. The molecule has 2 aromatic rings. The van der Waals surface area contributed by atoms with E-state index < -0.39 is 11.7 Å². The van der Waals surface area contributed by atoms with Gasteiger partial charge >= 0.3 is 6.18 Å². The number of benzene rings is 1. The molecule has 0 saturated carbocycles. The topological polar surface area (TPSA) is 46.9 Å². The molecule has 0 fully saturated rings. The third kappa shape index (κ3) is 5.26. The number of aryl methyl sites for hydroxylation is 1. The van der Waals surface area contributed by atoms with Crippen molar-refractivity contribution in [3.63, 3.8) is 0 Å². The Balaban J connectivity index is 2.32. The van der Waals surface area contributed by atoms with E-state index in [9.17, 15) is 18.0 Å². The second-order valence-electron chi connectivity index (χ2n) is 6.55. The van der Waals surface area contributed by atoms with E-state index in [4.69, 9.17) is 0 Å². The molecule has 25 heavy (non-hydrogen) atoms. The van der Waals surface area contributed by atoms with E-state index in [2.05, 4.69) is 10.4 Å². The van der Waals surface area contributed by atoms with Crippen LogP contribution in [-0.4, -0.2) is 26.2 Å². The van der Waals surface area contributed by atoms with Crippen LogP contribution in [0.4, 0.5) is 19.0 Å². The van der Waals surface area contributed by atoms with Gasteiger partial charge in [-0.05, 0) is 19.1 Å². The number of hydrogen-bond acceptors (Lipinski definition) is 3. The summed E-state index contributed by atoms with van der Waals surface area (Å²) in [6, 6.07) is 6.69. The monoisotopic (exact) mass is 371 g/mol. The van der Waals surface area contributed by atoms with Gasteiger partial charge in [0.25, 0.3) is 0 Å². The number of nitrogens with zero attached hydrogens (tertiary/aromatic N) is 2. The summed E-state index contributed by atoms with van der Waals surface area (Å²) in [4.78, 5) is 12.1. The Labute approximate surface area is 148 Å². The van der Waals surface area contributed by atoms with Crippen molar-refractivity contribution in [2.45, 2.75) is 38.6 Å². The fourth-order valence-electron chi connectivity index (χ4n) is 2.13. The van der Waals surface area contributed by atoms with Gasteiger partial charge < -0.3 is 5.32 Å². The van der Waals surface area contributed by atoms with Crippen molar-refractivity contribution in [2.24, 2.45) is 0 Å². The number of thioether (sulfide) groups is 1. The van der Waals surface area contributed by atoms with E-state index >= 15 is 0 Å². The number of hydrogen-bond donors (Lipinski definition) is 1. The summed E-state index contributed by atoms with van der Waals surface area (Å²) in [6.45, 7) is 7.61. The van der Waals surface area contributed by atoms with E-state index in [0.717, 1.165) is 10.7 Å². The van der Waals surface area contributed by atoms with E-state index in [1.54, 1.807) is 13.0 Å². The Hall–Kier alpha value is -1.96. The van der Waals surface area contributed by atoms with Crippen molar-refractivity contribution in [3.05, 3.63) is 41.6 Å². The molecule has 1 heterocycles. The molecule has 2 rings (SSSR count). The minimum absolute atomic E-state index is 0.0869. The van der Waals surface area contributed by atoms with Crippen molar-refractivity contribution >= 4 is 23.5 Å². The van der Waals surface area contributed by atoms with Gasteiger partial charge in [0.15, 0.2) is 0 Å². The fraction of sp³-hybridized carbons (Fsp3) is 0.412. The highest BCUT2D eigenvalue weighted by Gasteiger charge is 2.34. The van der Waals surface area contributed by atoms with Crippen LogP contribution in [0.1, 0.15) is 32.0 Å². The van der Waals surface area contributed by atoms with Gasteiger partial charge in [0.2, 0.25) is 5.91 Å². The van der Waals surface area contributed by atoms with Gasteiger partial charge in [-0.15, -0.1) is 11.8 Å².